The van der Waals surface area contributed by atoms with Gasteiger partial charge in [-0.1, -0.05) is 212 Å². The van der Waals surface area contributed by atoms with E-state index in [1.54, 1.807) is 12.1 Å². The highest BCUT2D eigenvalue weighted by Crippen LogP contribution is 2.62. The zero-order valence-electron chi connectivity index (χ0n) is 54.3. The third-order valence-corrected chi connectivity index (χ3v) is 22.2. The zero-order valence-corrected chi connectivity index (χ0v) is 54.3. The van der Waals surface area contributed by atoms with Crippen LogP contribution in [0.3, 0.4) is 0 Å². The Morgan fingerprint density at radius 2 is 1.03 bits per heavy atom. The smallest absolute Gasteiger partial charge is 0.255 e. The molecule has 4 heterocycles. The van der Waals surface area contributed by atoms with Gasteiger partial charge in [0.05, 0.1) is 16.7 Å². The molecular weight excluding hydrogens is 1070 g/mol. The summed E-state index contributed by atoms with van der Waals surface area (Å²) in [6, 6.07) is 73.5. The molecule has 1 aromatic heterocycles. The zero-order chi connectivity index (χ0) is 61.4. The van der Waals surface area contributed by atoms with Crippen LogP contribution < -0.4 is 31.1 Å². The summed E-state index contributed by atoms with van der Waals surface area (Å²) in [5, 5.41) is 1.23. The van der Waals surface area contributed by atoms with Crippen molar-refractivity contribution in [3.63, 3.8) is 0 Å². The van der Waals surface area contributed by atoms with E-state index in [0.717, 1.165) is 53.3 Å². The first kappa shape index (κ1) is 56.4. The number of hydrogen-bond acceptors (Lipinski definition) is 3. The molecule has 0 radical (unpaired) electrons. The first-order valence-electron chi connectivity index (χ1n) is 32.5. The van der Waals surface area contributed by atoms with Gasteiger partial charge >= 0.3 is 0 Å². The second kappa shape index (κ2) is 19.2. The van der Waals surface area contributed by atoms with Crippen LogP contribution in [0.25, 0.3) is 27.7 Å². The Bertz CT molecular complexity index is 4460. The average Bonchev–Trinajstić information content (AvgIpc) is 1.36. The van der Waals surface area contributed by atoms with Crippen LogP contribution in [0.5, 0.6) is 0 Å². The minimum atomic E-state index is -0.349. The van der Waals surface area contributed by atoms with E-state index >= 15 is 4.39 Å². The minimum Gasteiger partial charge on any atom is -0.334 e. The quantitative estimate of drug-likeness (QED) is 0.148. The van der Waals surface area contributed by atoms with Crippen molar-refractivity contribution in [2.45, 2.75) is 167 Å². The monoisotopic (exact) mass is 1150 g/mol. The van der Waals surface area contributed by atoms with E-state index in [2.05, 4.69) is 286 Å². The van der Waals surface area contributed by atoms with E-state index in [4.69, 9.17) is 0 Å². The molecule has 0 bridgehead atoms. The van der Waals surface area contributed by atoms with Crippen molar-refractivity contribution in [2.75, 3.05) is 14.7 Å². The van der Waals surface area contributed by atoms with E-state index in [9.17, 15) is 0 Å². The van der Waals surface area contributed by atoms with E-state index in [0.29, 0.717) is 0 Å². The molecule has 0 amide bonds. The van der Waals surface area contributed by atoms with Crippen molar-refractivity contribution in [2.24, 2.45) is 0 Å². The Morgan fingerprint density at radius 1 is 0.443 bits per heavy atom. The maximum atomic E-state index is 15.6. The molecule has 88 heavy (non-hydrogen) atoms. The highest BCUT2D eigenvalue weighted by molar-refractivity contribution is 7.01. The Labute approximate surface area is 523 Å². The van der Waals surface area contributed by atoms with Gasteiger partial charge in [-0.2, -0.15) is 0 Å². The molecule has 2 aliphatic carbocycles. The summed E-state index contributed by atoms with van der Waals surface area (Å²) in [4.78, 5) is 8.12. The van der Waals surface area contributed by atoms with Gasteiger partial charge in [0, 0.05) is 56.2 Å². The number of rotatable bonds is 7. The molecule has 2 unspecified atom stereocenters. The molecule has 2 atom stereocenters. The Kier molecular flexibility index (Phi) is 12.3. The summed E-state index contributed by atoms with van der Waals surface area (Å²) >= 11 is 0. The van der Waals surface area contributed by atoms with Crippen LogP contribution in [0.2, 0.25) is 0 Å². The fraction of sp³-hybridized carbons (Fsp3) is 0.317. The standard InChI is InChI=1S/C82H84BFN4/c1-76(2,3)53-31-37-58(38-32-53)86-71-47-60(88-68-30-22-21-29-63(68)81(13)43-23-24-44-82(81,88)14)48-72-74(71)83(73-62-49-64-65(79(9,10)51-78(64,7)8)50-69(62)85(75(73)86)59-39-35-57(84)36-40-59)66-41-33-56(80(11,12)54-27-19-16-20-28-54)46-70(66)87(72)67-42-34-55(77(4,5)6)45-61(67)52-25-17-15-18-26-52/h15-22,25-42,45-50H,23-24,43-44,51H2,1-14H3. The van der Waals surface area contributed by atoms with Crippen molar-refractivity contribution in [1.29, 1.82) is 0 Å². The van der Waals surface area contributed by atoms with Crippen molar-refractivity contribution in [3.8, 4) is 16.8 Å². The molecule has 1 saturated carbocycles. The molecule has 5 aliphatic rings. The van der Waals surface area contributed by atoms with Crippen LogP contribution in [0.15, 0.2) is 194 Å². The predicted octanol–water partition coefficient (Wildman–Crippen LogP) is 20.1. The fourth-order valence-corrected chi connectivity index (χ4v) is 17.4. The molecule has 442 valence electrons. The first-order chi connectivity index (χ1) is 41.8. The van der Waals surface area contributed by atoms with Crippen LogP contribution >= 0.6 is 0 Å². The molecule has 1 fully saturated rings. The Balaban J connectivity index is 1.15. The van der Waals surface area contributed by atoms with Crippen LogP contribution in [-0.2, 0) is 32.5 Å². The van der Waals surface area contributed by atoms with Gasteiger partial charge in [0.1, 0.15) is 11.6 Å². The molecule has 3 aliphatic heterocycles. The van der Waals surface area contributed by atoms with Gasteiger partial charge in [0.25, 0.3) is 6.71 Å². The number of aromatic nitrogens is 1. The van der Waals surface area contributed by atoms with Crippen molar-refractivity contribution in [3.05, 3.63) is 239 Å². The van der Waals surface area contributed by atoms with Crippen molar-refractivity contribution in [1.82, 2.24) is 4.57 Å². The second-order valence-corrected chi connectivity index (χ2v) is 31.0. The second-order valence-electron chi connectivity index (χ2n) is 31.0. The van der Waals surface area contributed by atoms with Gasteiger partial charge in [-0.25, -0.2) is 4.39 Å². The fourth-order valence-electron chi connectivity index (χ4n) is 17.4. The molecule has 0 spiro atoms. The lowest BCUT2D eigenvalue weighted by Crippen LogP contribution is -2.61. The number of anilines is 8. The molecule has 15 rings (SSSR count). The highest BCUT2D eigenvalue weighted by atomic mass is 19.1. The summed E-state index contributed by atoms with van der Waals surface area (Å²) in [5.74, 6) is 0.843. The number of hydrogen-bond donors (Lipinski definition) is 0. The van der Waals surface area contributed by atoms with E-state index in [-0.39, 0.29) is 50.6 Å². The lowest BCUT2D eigenvalue weighted by Gasteiger charge is -2.51. The number of nitrogens with zero attached hydrogens (tertiary/aromatic N) is 4. The SMILES string of the molecule is CC(C)(C)c1ccc(N2c3cc(N4c5ccccc5C5(C)CCCCC45C)cc4c3B(c3ccc(C(C)(C)c5ccccc5)cc3N4c3ccc(C(C)(C)C)cc3-c3ccccc3)c3c2n(-c2ccc(F)cc2)c2cc4c(cc32)C(C)(C)CC4(C)C)cc1. The average molecular weight is 1160 g/mol. The van der Waals surface area contributed by atoms with E-state index in [1.165, 1.54) is 107 Å². The van der Waals surface area contributed by atoms with Crippen LogP contribution in [0.1, 0.15) is 168 Å². The molecule has 9 aromatic carbocycles. The van der Waals surface area contributed by atoms with Gasteiger partial charge in [-0.3, -0.25) is 9.47 Å². The molecule has 0 saturated heterocycles. The molecule has 10 aromatic rings. The topological polar surface area (TPSA) is 14.7 Å². The molecular formula is C82H84BFN4. The first-order valence-corrected chi connectivity index (χ1v) is 32.5. The van der Waals surface area contributed by atoms with Crippen molar-refractivity contribution >= 4 is 79.6 Å². The van der Waals surface area contributed by atoms with Gasteiger partial charge in [0.2, 0.25) is 0 Å². The predicted molar refractivity (Wildman–Crippen MR) is 372 cm³/mol. The summed E-state index contributed by atoms with van der Waals surface area (Å²) in [6.07, 6.45) is 5.61. The summed E-state index contributed by atoms with van der Waals surface area (Å²) in [7, 11) is 0. The Hall–Kier alpha value is -8.09. The molecule has 6 heteroatoms. The number of halogens is 1. The number of fused-ring (bicyclic) bond motifs is 10. The Morgan fingerprint density at radius 3 is 1.72 bits per heavy atom. The lowest BCUT2D eigenvalue weighted by atomic mass is 9.33. The summed E-state index contributed by atoms with van der Waals surface area (Å²) in [6.45, 7) is 33.4. The van der Waals surface area contributed by atoms with E-state index < -0.39 is 0 Å². The van der Waals surface area contributed by atoms with Gasteiger partial charge in [-0.15, -0.1) is 0 Å². The molecule has 4 nitrogen and oxygen atoms in total. The lowest BCUT2D eigenvalue weighted by molar-refractivity contribution is 0.195. The number of benzene rings is 9. The number of para-hydroxylation sites is 1. The highest BCUT2D eigenvalue weighted by Gasteiger charge is 2.58. The maximum absolute atomic E-state index is 15.6. The maximum Gasteiger partial charge on any atom is 0.255 e. The van der Waals surface area contributed by atoms with Gasteiger partial charge in [0.15, 0.2) is 0 Å². The third-order valence-electron chi connectivity index (χ3n) is 22.2. The third kappa shape index (κ3) is 8.21. The normalized spacial score (nSPS) is 19.7. The minimum absolute atomic E-state index is 0.0681. The summed E-state index contributed by atoms with van der Waals surface area (Å²) < 4.78 is 18.1. The van der Waals surface area contributed by atoms with Gasteiger partial charge in [-0.05, 0) is 199 Å². The molecule has 0 N–H and O–H groups in total. The van der Waals surface area contributed by atoms with Crippen LogP contribution in [-0.4, -0.2) is 16.8 Å². The van der Waals surface area contributed by atoms with Gasteiger partial charge < -0.3 is 9.80 Å². The van der Waals surface area contributed by atoms with E-state index in [1.807, 2.05) is 12.1 Å². The van der Waals surface area contributed by atoms with Crippen molar-refractivity contribution < 1.29 is 4.39 Å². The largest absolute Gasteiger partial charge is 0.334 e. The van der Waals surface area contributed by atoms with Crippen LogP contribution in [0, 0.1) is 5.82 Å². The van der Waals surface area contributed by atoms with Crippen LogP contribution in [0.4, 0.5) is 50.0 Å². The summed E-state index contributed by atoms with van der Waals surface area (Å²) in [5.41, 5.74) is 24.8.